The molecule has 4 N–H and O–H groups in total. The number of nitrogens with two attached hydrogens (primary N) is 1. The van der Waals surface area contributed by atoms with Crippen LogP contribution in [0.3, 0.4) is 0 Å². The van der Waals surface area contributed by atoms with Gasteiger partial charge in [0.05, 0.1) is 28.9 Å². The number of nitrogens with one attached hydrogen (secondary N) is 1. The molecule has 2 aromatic rings. The maximum atomic E-state index is 12.5. The van der Waals surface area contributed by atoms with Crippen LogP contribution in [0.25, 0.3) is 10.2 Å². The van der Waals surface area contributed by atoms with Crippen molar-refractivity contribution in [1.82, 2.24) is 15.2 Å². The summed E-state index contributed by atoms with van der Waals surface area (Å²) >= 11 is 1.42. The smallest absolute Gasteiger partial charge is 0.317 e. The van der Waals surface area contributed by atoms with E-state index in [1.54, 1.807) is 22.5 Å². The summed E-state index contributed by atoms with van der Waals surface area (Å²) in [4.78, 5) is 30.1. The Hall–Kier alpha value is -2.39. The number of aliphatic hydroxyl groups is 1. The summed E-state index contributed by atoms with van der Waals surface area (Å²) in [5.41, 5.74) is 7.55. The minimum absolute atomic E-state index is 0.0775. The Balaban J connectivity index is 1.29. The van der Waals surface area contributed by atoms with E-state index >= 15 is 0 Å². The number of fused-ring (bicyclic) bond motifs is 1. The van der Waals surface area contributed by atoms with Crippen molar-refractivity contribution in [2.75, 3.05) is 13.1 Å². The highest BCUT2D eigenvalue weighted by Crippen LogP contribution is 2.33. The van der Waals surface area contributed by atoms with Gasteiger partial charge >= 0.3 is 6.03 Å². The maximum absolute atomic E-state index is 12.5. The summed E-state index contributed by atoms with van der Waals surface area (Å²) in [6.07, 6.45) is 3.46. The molecule has 0 bridgehead atoms. The van der Waals surface area contributed by atoms with Crippen molar-refractivity contribution in [3.8, 4) is 5.75 Å². The first-order valence-corrected chi connectivity index (χ1v) is 11.2. The fraction of sp³-hybridized carbons (Fsp3) is 0.571. The number of likely N-dealkylation sites (tertiary alicyclic amines) is 1. The fourth-order valence-electron chi connectivity index (χ4n) is 4.24. The van der Waals surface area contributed by atoms with Gasteiger partial charge in [0.2, 0.25) is 5.91 Å². The van der Waals surface area contributed by atoms with Crippen molar-refractivity contribution in [2.45, 2.75) is 57.3 Å². The number of amides is 3. The van der Waals surface area contributed by atoms with Gasteiger partial charge in [0.1, 0.15) is 17.4 Å². The lowest BCUT2D eigenvalue weighted by molar-refractivity contribution is -0.00326. The summed E-state index contributed by atoms with van der Waals surface area (Å²) in [5.74, 6) is 0.299. The molecule has 8 nitrogen and oxygen atoms in total. The number of ether oxygens (including phenoxy) is 1. The summed E-state index contributed by atoms with van der Waals surface area (Å²) < 4.78 is 6.87. The SMILES string of the molecule is CC(C)(O)C1CCC(NC(=O)N2CC(Oc3cc(C(N)=O)cc4scnc34)C2)CC1. The van der Waals surface area contributed by atoms with Crippen molar-refractivity contribution in [3.05, 3.63) is 23.2 Å². The van der Waals surface area contributed by atoms with Gasteiger partial charge in [-0.15, -0.1) is 11.3 Å². The Morgan fingerprint density at radius 2 is 1.97 bits per heavy atom. The molecule has 1 aromatic heterocycles. The summed E-state index contributed by atoms with van der Waals surface area (Å²) in [6.45, 7) is 4.68. The van der Waals surface area contributed by atoms with Gasteiger partial charge in [-0.2, -0.15) is 0 Å². The molecule has 30 heavy (non-hydrogen) atoms. The van der Waals surface area contributed by atoms with E-state index in [0.29, 0.717) is 29.9 Å². The highest BCUT2D eigenvalue weighted by Gasteiger charge is 2.36. The molecule has 2 aliphatic rings. The Kier molecular flexibility index (Phi) is 5.59. The van der Waals surface area contributed by atoms with Crippen LogP contribution in [0.2, 0.25) is 0 Å². The third-order valence-electron chi connectivity index (χ3n) is 6.17. The molecule has 3 amide bonds. The summed E-state index contributed by atoms with van der Waals surface area (Å²) in [5, 5.41) is 13.3. The van der Waals surface area contributed by atoms with E-state index in [4.69, 9.17) is 10.5 Å². The molecule has 2 fully saturated rings. The number of benzene rings is 1. The van der Waals surface area contributed by atoms with Crippen LogP contribution in [0.4, 0.5) is 4.79 Å². The van der Waals surface area contributed by atoms with Gasteiger partial charge in [-0.3, -0.25) is 4.79 Å². The van der Waals surface area contributed by atoms with E-state index in [9.17, 15) is 14.7 Å². The Bertz CT molecular complexity index is 940. The molecule has 1 aliphatic heterocycles. The van der Waals surface area contributed by atoms with Crippen molar-refractivity contribution in [1.29, 1.82) is 0 Å². The first-order valence-electron chi connectivity index (χ1n) is 10.3. The van der Waals surface area contributed by atoms with E-state index in [2.05, 4.69) is 10.3 Å². The maximum Gasteiger partial charge on any atom is 0.317 e. The zero-order valence-electron chi connectivity index (χ0n) is 17.3. The second-order valence-corrected chi connectivity index (χ2v) is 9.72. The quantitative estimate of drug-likeness (QED) is 0.671. The highest BCUT2D eigenvalue weighted by molar-refractivity contribution is 7.16. The number of urea groups is 1. The van der Waals surface area contributed by atoms with Gasteiger partial charge < -0.3 is 25.8 Å². The van der Waals surface area contributed by atoms with Gasteiger partial charge in [-0.1, -0.05) is 0 Å². The van der Waals surface area contributed by atoms with Crippen LogP contribution < -0.4 is 15.8 Å². The zero-order valence-corrected chi connectivity index (χ0v) is 18.1. The molecular weight excluding hydrogens is 404 g/mol. The van der Waals surface area contributed by atoms with Gasteiger partial charge in [0.25, 0.3) is 0 Å². The molecule has 0 unspecified atom stereocenters. The third kappa shape index (κ3) is 4.37. The molecule has 0 spiro atoms. The van der Waals surface area contributed by atoms with Crippen LogP contribution in [0.15, 0.2) is 17.6 Å². The number of aromatic nitrogens is 1. The number of carbonyl (C=O) groups is 2. The minimum Gasteiger partial charge on any atom is -0.484 e. The predicted octanol–water partition coefficient (Wildman–Crippen LogP) is 2.50. The fourth-order valence-corrected chi connectivity index (χ4v) is 4.97. The summed E-state index contributed by atoms with van der Waals surface area (Å²) in [6, 6.07) is 3.41. The Morgan fingerprint density at radius 3 is 2.60 bits per heavy atom. The average molecular weight is 433 g/mol. The molecule has 9 heteroatoms. The molecular formula is C21H28N4O4S. The first-order chi connectivity index (χ1) is 14.2. The topological polar surface area (TPSA) is 118 Å². The number of hydrogen-bond acceptors (Lipinski definition) is 6. The van der Waals surface area contributed by atoms with E-state index in [-0.39, 0.29) is 24.1 Å². The van der Waals surface area contributed by atoms with Crippen molar-refractivity contribution in [2.24, 2.45) is 11.7 Å². The van der Waals surface area contributed by atoms with Crippen LogP contribution in [-0.2, 0) is 0 Å². The highest BCUT2D eigenvalue weighted by atomic mass is 32.1. The normalized spacial score (nSPS) is 22.6. The number of hydrogen-bond donors (Lipinski definition) is 3. The molecule has 0 atom stereocenters. The monoisotopic (exact) mass is 432 g/mol. The van der Waals surface area contributed by atoms with Crippen molar-refractivity contribution >= 4 is 33.5 Å². The number of thiazole rings is 1. The molecule has 0 radical (unpaired) electrons. The van der Waals surface area contributed by atoms with Gasteiger partial charge in [0, 0.05) is 11.6 Å². The van der Waals surface area contributed by atoms with Crippen LogP contribution in [-0.4, -0.2) is 57.8 Å². The number of carbonyl (C=O) groups excluding carboxylic acids is 2. The molecule has 162 valence electrons. The molecule has 1 aromatic carbocycles. The lowest BCUT2D eigenvalue weighted by Crippen LogP contribution is -2.60. The van der Waals surface area contributed by atoms with Gasteiger partial charge in [-0.25, -0.2) is 9.78 Å². The van der Waals surface area contributed by atoms with Crippen LogP contribution >= 0.6 is 11.3 Å². The molecule has 1 saturated carbocycles. The van der Waals surface area contributed by atoms with E-state index in [1.165, 1.54) is 11.3 Å². The van der Waals surface area contributed by atoms with Crippen LogP contribution in [0.1, 0.15) is 49.9 Å². The second kappa shape index (κ2) is 8.03. The third-order valence-corrected chi connectivity index (χ3v) is 6.94. The number of nitrogens with zero attached hydrogens (tertiary/aromatic N) is 2. The molecule has 2 heterocycles. The Morgan fingerprint density at radius 1 is 1.27 bits per heavy atom. The number of rotatable bonds is 5. The molecule has 4 rings (SSSR count). The van der Waals surface area contributed by atoms with Gasteiger partial charge in [-0.05, 0) is 57.6 Å². The Labute approximate surface area is 179 Å². The lowest BCUT2D eigenvalue weighted by Gasteiger charge is -2.41. The minimum atomic E-state index is -0.661. The zero-order chi connectivity index (χ0) is 21.5. The second-order valence-electron chi connectivity index (χ2n) is 8.83. The lowest BCUT2D eigenvalue weighted by atomic mass is 9.77. The van der Waals surface area contributed by atoms with E-state index in [0.717, 1.165) is 30.4 Å². The van der Waals surface area contributed by atoms with Crippen molar-refractivity contribution in [3.63, 3.8) is 0 Å². The van der Waals surface area contributed by atoms with E-state index < -0.39 is 11.5 Å². The van der Waals surface area contributed by atoms with E-state index in [1.807, 2.05) is 13.8 Å². The molecule has 1 aliphatic carbocycles. The first kappa shape index (κ1) is 20.9. The molecule has 1 saturated heterocycles. The van der Waals surface area contributed by atoms with Gasteiger partial charge in [0.15, 0.2) is 0 Å². The largest absolute Gasteiger partial charge is 0.484 e. The predicted molar refractivity (Wildman–Crippen MR) is 115 cm³/mol. The average Bonchev–Trinajstić information content (AvgIpc) is 3.12. The van der Waals surface area contributed by atoms with Crippen LogP contribution in [0.5, 0.6) is 5.75 Å². The number of primary amides is 1. The van der Waals surface area contributed by atoms with Crippen molar-refractivity contribution < 1.29 is 19.4 Å². The summed E-state index contributed by atoms with van der Waals surface area (Å²) in [7, 11) is 0. The van der Waals surface area contributed by atoms with Crippen LogP contribution in [0, 0.1) is 5.92 Å². The standard InChI is InChI=1S/C21H28N4O4S/c1-21(2,28)13-3-5-14(6-4-13)24-20(27)25-9-15(10-25)29-16-7-12(19(22)26)8-17-18(16)23-11-30-17/h7-8,11,13-15,28H,3-6,9-10H2,1-2H3,(H2,22,26)(H,24,27).